The van der Waals surface area contributed by atoms with Crippen molar-refractivity contribution in [1.82, 2.24) is 0 Å². The number of hydrogen-bond donors (Lipinski definition) is 0. The van der Waals surface area contributed by atoms with E-state index >= 15 is 0 Å². The second-order valence-corrected chi connectivity index (χ2v) is 5.63. The van der Waals surface area contributed by atoms with Crippen molar-refractivity contribution in [3.8, 4) is 0 Å². The molecule has 1 heteroatoms. The third-order valence-corrected chi connectivity index (χ3v) is 3.60. The number of aryl methyl sites for hydroxylation is 2. The van der Waals surface area contributed by atoms with Gasteiger partial charge in [0.05, 0.1) is 13.2 Å². The van der Waals surface area contributed by atoms with Gasteiger partial charge in [-0.3, -0.25) is 0 Å². The second kappa shape index (κ2) is 8.63. The maximum atomic E-state index is 5.87. The molecular weight excluding hydrogens is 256 g/mol. The Balaban J connectivity index is 1.86. The zero-order valence-corrected chi connectivity index (χ0v) is 13.3. The molecule has 0 unspecified atom stereocenters. The van der Waals surface area contributed by atoms with Crippen LogP contribution in [0.1, 0.15) is 48.9 Å². The van der Waals surface area contributed by atoms with Gasteiger partial charge in [0, 0.05) is 0 Å². The molecule has 0 radical (unpaired) electrons. The highest BCUT2D eigenvalue weighted by Gasteiger charge is 1.99. The van der Waals surface area contributed by atoms with Crippen molar-refractivity contribution in [3.63, 3.8) is 0 Å². The molecule has 2 aromatic carbocycles. The van der Waals surface area contributed by atoms with E-state index in [1.54, 1.807) is 0 Å². The van der Waals surface area contributed by atoms with Crippen molar-refractivity contribution in [2.75, 3.05) is 0 Å². The number of rotatable bonds is 8. The van der Waals surface area contributed by atoms with E-state index in [1.165, 1.54) is 35.1 Å². The van der Waals surface area contributed by atoms with Gasteiger partial charge in [0.15, 0.2) is 0 Å². The van der Waals surface area contributed by atoms with Crippen LogP contribution in [0.4, 0.5) is 0 Å². The number of hydrogen-bond acceptors (Lipinski definition) is 1. The van der Waals surface area contributed by atoms with Crippen molar-refractivity contribution in [2.45, 2.75) is 52.7 Å². The molecule has 0 fully saturated rings. The van der Waals surface area contributed by atoms with Crippen LogP contribution in [-0.2, 0) is 30.8 Å². The molecule has 0 aliphatic rings. The standard InChI is InChI=1S/C20H26O/c1-3-7-17-9-5-11-19(13-17)15-21-16-20-12-6-10-18(14-20)8-4-2/h5-6,9-14H,3-4,7-8,15-16H2,1-2H3. The first-order valence-corrected chi connectivity index (χ1v) is 8.05. The Morgan fingerprint density at radius 2 is 1.10 bits per heavy atom. The molecular formula is C20H26O. The van der Waals surface area contributed by atoms with E-state index in [4.69, 9.17) is 4.74 Å². The number of ether oxygens (including phenoxy) is 1. The van der Waals surface area contributed by atoms with E-state index < -0.39 is 0 Å². The highest BCUT2D eigenvalue weighted by Crippen LogP contribution is 2.12. The normalized spacial score (nSPS) is 10.8. The Labute approximate surface area is 129 Å². The lowest BCUT2D eigenvalue weighted by molar-refractivity contribution is 0.107. The maximum absolute atomic E-state index is 5.87. The molecule has 0 saturated carbocycles. The SMILES string of the molecule is CCCc1cccc(COCc2cccc(CCC)c2)c1. The van der Waals surface area contributed by atoms with Crippen LogP contribution >= 0.6 is 0 Å². The highest BCUT2D eigenvalue weighted by molar-refractivity contribution is 5.24. The van der Waals surface area contributed by atoms with Crippen LogP contribution in [0, 0.1) is 0 Å². The van der Waals surface area contributed by atoms with Gasteiger partial charge in [-0.05, 0) is 35.1 Å². The fourth-order valence-electron chi connectivity index (χ4n) is 2.61. The molecule has 0 spiro atoms. The van der Waals surface area contributed by atoms with E-state index in [0.29, 0.717) is 13.2 Å². The Morgan fingerprint density at radius 3 is 1.52 bits per heavy atom. The monoisotopic (exact) mass is 282 g/mol. The molecule has 0 amide bonds. The van der Waals surface area contributed by atoms with Crippen LogP contribution < -0.4 is 0 Å². The van der Waals surface area contributed by atoms with Gasteiger partial charge in [0.1, 0.15) is 0 Å². The molecule has 0 bridgehead atoms. The van der Waals surface area contributed by atoms with E-state index in [-0.39, 0.29) is 0 Å². The zero-order chi connectivity index (χ0) is 14.9. The Morgan fingerprint density at radius 1 is 0.667 bits per heavy atom. The smallest absolute Gasteiger partial charge is 0.0721 e. The summed E-state index contributed by atoms with van der Waals surface area (Å²) in [7, 11) is 0. The first-order chi connectivity index (χ1) is 10.3. The summed E-state index contributed by atoms with van der Waals surface area (Å²) in [6.07, 6.45) is 4.67. The summed E-state index contributed by atoms with van der Waals surface area (Å²) in [4.78, 5) is 0. The largest absolute Gasteiger partial charge is 0.372 e. The predicted molar refractivity (Wildman–Crippen MR) is 89.4 cm³/mol. The van der Waals surface area contributed by atoms with Crippen molar-refractivity contribution in [2.24, 2.45) is 0 Å². The summed E-state index contributed by atoms with van der Waals surface area (Å²) in [5.41, 5.74) is 5.35. The molecule has 0 saturated heterocycles. The molecule has 0 N–H and O–H groups in total. The molecule has 0 aromatic heterocycles. The van der Waals surface area contributed by atoms with Gasteiger partial charge in [0.25, 0.3) is 0 Å². The molecule has 21 heavy (non-hydrogen) atoms. The minimum atomic E-state index is 0.690. The minimum Gasteiger partial charge on any atom is -0.372 e. The summed E-state index contributed by atoms with van der Waals surface area (Å²) in [6.45, 7) is 5.81. The summed E-state index contributed by atoms with van der Waals surface area (Å²) in [5, 5.41) is 0. The van der Waals surface area contributed by atoms with Crippen molar-refractivity contribution >= 4 is 0 Å². The molecule has 0 atom stereocenters. The molecule has 2 rings (SSSR count). The quantitative estimate of drug-likeness (QED) is 0.637. The van der Waals surface area contributed by atoms with Crippen molar-refractivity contribution in [3.05, 3.63) is 70.8 Å². The second-order valence-electron chi connectivity index (χ2n) is 5.63. The average Bonchev–Trinajstić information content (AvgIpc) is 2.49. The number of benzene rings is 2. The van der Waals surface area contributed by atoms with Gasteiger partial charge in [-0.2, -0.15) is 0 Å². The molecule has 2 aromatic rings. The summed E-state index contributed by atoms with van der Waals surface area (Å²) in [5.74, 6) is 0. The Hall–Kier alpha value is -1.60. The summed E-state index contributed by atoms with van der Waals surface area (Å²) in [6, 6.07) is 17.5. The van der Waals surface area contributed by atoms with Gasteiger partial charge < -0.3 is 4.74 Å². The maximum Gasteiger partial charge on any atom is 0.0721 e. The van der Waals surface area contributed by atoms with Gasteiger partial charge in [0.2, 0.25) is 0 Å². The van der Waals surface area contributed by atoms with Crippen molar-refractivity contribution < 1.29 is 4.74 Å². The van der Waals surface area contributed by atoms with Gasteiger partial charge >= 0.3 is 0 Å². The highest BCUT2D eigenvalue weighted by atomic mass is 16.5. The first-order valence-electron chi connectivity index (χ1n) is 8.05. The lowest BCUT2D eigenvalue weighted by Gasteiger charge is -2.08. The van der Waals surface area contributed by atoms with Crippen LogP contribution in [0.3, 0.4) is 0 Å². The lowest BCUT2D eigenvalue weighted by Crippen LogP contribution is -1.96. The first kappa shape index (κ1) is 15.8. The van der Waals surface area contributed by atoms with E-state index in [1.807, 2.05) is 0 Å². The van der Waals surface area contributed by atoms with E-state index in [9.17, 15) is 0 Å². The van der Waals surface area contributed by atoms with Crippen LogP contribution in [0.5, 0.6) is 0 Å². The van der Waals surface area contributed by atoms with Crippen molar-refractivity contribution in [1.29, 1.82) is 0 Å². The topological polar surface area (TPSA) is 9.23 Å². The Bertz CT molecular complexity index is 496. The summed E-state index contributed by atoms with van der Waals surface area (Å²) >= 11 is 0. The third-order valence-electron chi connectivity index (χ3n) is 3.60. The van der Waals surface area contributed by atoms with E-state index in [2.05, 4.69) is 62.4 Å². The third kappa shape index (κ3) is 5.35. The van der Waals surface area contributed by atoms with Gasteiger partial charge in [-0.15, -0.1) is 0 Å². The molecule has 0 heterocycles. The zero-order valence-electron chi connectivity index (χ0n) is 13.3. The Kier molecular flexibility index (Phi) is 6.49. The fraction of sp³-hybridized carbons (Fsp3) is 0.400. The molecule has 0 aliphatic heterocycles. The van der Waals surface area contributed by atoms with Gasteiger partial charge in [-0.1, -0.05) is 75.2 Å². The fourth-order valence-corrected chi connectivity index (χ4v) is 2.61. The lowest BCUT2D eigenvalue weighted by atomic mass is 10.1. The van der Waals surface area contributed by atoms with Crippen LogP contribution in [0.25, 0.3) is 0 Å². The summed E-state index contributed by atoms with van der Waals surface area (Å²) < 4.78 is 5.87. The van der Waals surface area contributed by atoms with Crippen LogP contribution in [-0.4, -0.2) is 0 Å². The average molecular weight is 282 g/mol. The molecule has 112 valence electrons. The molecule has 1 nitrogen and oxygen atoms in total. The van der Waals surface area contributed by atoms with Gasteiger partial charge in [-0.25, -0.2) is 0 Å². The van der Waals surface area contributed by atoms with E-state index in [0.717, 1.165) is 12.8 Å². The van der Waals surface area contributed by atoms with Crippen LogP contribution in [0.2, 0.25) is 0 Å². The van der Waals surface area contributed by atoms with Crippen LogP contribution in [0.15, 0.2) is 48.5 Å². The minimum absolute atomic E-state index is 0.690. The predicted octanol–water partition coefficient (Wildman–Crippen LogP) is 5.31. The molecule has 0 aliphatic carbocycles.